The summed E-state index contributed by atoms with van der Waals surface area (Å²) in [6.45, 7) is 1.88. The van der Waals surface area contributed by atoms with Crippen LogP contribution in [0.2, 0.25) is 0 Å². The Balaban J connectivity index is 1.80. The van der Waals surface area contributed by atoms with Gasteiger partial charge in [-0.25, -0.2) is 4.79 Å². The maximum absolute atomic E-state index is 12.1. The van der Waals surface area contributed by atoms with Crippen LogP contribution in [0.4, 0.5) is 0 Å². The average Bonchev–Trinajstić information content (AvgIpc) is 2.87. The van der Waals surface area contributed by atoms with Gasteiger partial charge in [0.05, 0.1) is 16.9 Å². The highest BCUT2D eigenvalue weighted by atomic mass is 32.2. The molecule has 2 aliphatic heterocycles. The van der Waals surface area contributed by atoms with Gasteiger partial charge in [-0.3, -0.25) is 9.69 Å². The van der Waals surface area contributed by atoms with Gasteiger partial charge in [-0.1, -0.05) is 30.0 Å². The molecule has 0 radical (unpaired) electrons. The smallest absolute Gasteiger partial charge is 0.353 e. The number of hydrogen-bond donors (Lipinski definition) is 3. The van der Waals surface area contributed by atoms with E-state index in [1.807, 2.05) is 18.2 Å². The van der Waals surface area contributed by atoms with E-state index in [0.29, 0.717) is 17.2 Å². The fraction of sp³-hybridized carbons (Fsp3) is 0.375. The lowest BCUT2D eigenvalue weighted by Crippen LogP contribution is -2.60. The number of β-lactam (4-membered cyclic amide) rings is 1. The van der Waals surface area contributed by atoms with Crippen molar-refractivity contribution in [1.82, 2.24) is 4.90 Å². The molecule has 0 bridgehead atoms. The first kappa shape index (κ1) is 16.8. The largest absolute Gasteiger partial charge is 0.488 e. The number of carbonyl (C=O) groups excluding carboxylic acids is 1. The molecule has 2 aliphatic rings. The minimum Gasteiger partial charge on any atom is -0.488 e. The number of carbonyl (C=O) groups is 2. The molecular formula is C16H18N2O5S. The predicted octanol–water partition coefficient (Wildman–Crippen LogP) is 0.732. The molecule has 4 N–H and O–H groups in total. The average molecular weight is 350 g/mol. The Labute approximate surface area is 143 Å². The molecule has 0 aliphatic carbocycles. The van der Waals surface area contributed by atoms with Crippen LogP contribution >= 0.6 is 11.8 Å². The van der Waals surface area contributed by atoms with Crippen LogP contribution in [0, 0.1) is 5.92 Å². The predicted molar refractivity (Wildman–Crippen MR) is 87.9 cm³/mol. The van der Waals surface area contributed by atoms with E-state index >= 15 is 0 Å². The molecule has 7 nitrogen and oxygen atoms in total. The molecule has 1 fully saturated rings. The number of nitrogens with zero attached hydrogens (tertiary/aromatic N) is 1. The van der Waals surface area contributed by atoms with Crippen LogP contribution in [0.3, 0.4) is 0 Å². The van der Waals surface area contributed by atoms with Gasteiger partial charge in [0.1, 0.15) is 23.4 Å². The Morgan fingerprint density at radius 2 is 2.17 bits per heavy atom. The van der Waals surface area contributed by atoms with E-state index in [9.17, 15) is 19.8 Å². The van der Waals surface area contributed by atoms with Gasteiger partial charge in [-0.05, 0) is 13.0 Å². The molecule has 128 valence electrons. The summed E-state index contributed by atoms with van der Waals surface area (Å²) in [5.74, 6) is -1.53. The highest BCUT2D eigenvalue weighted by Gasteiger charge is 2.57. The normalized spacial score (nSPS) is 23.8. The Hall–Kier alpha value is -2.03. The SMILES string of the molecule is C[C@@H](O)[C@H]1C(=O)N2C(C(=O)O)=C(COc3ccccc3CN)S[C@H]12. The number of amides is 1. The van der Waals surface area contributed by atoms with Gasteiger partial charge in [0.25, 0.3) is 0 Å². The number of aliphatic hydroxyl groups is 1. The first-order valence-electron chi connectivity index (χ1n) is 7.50. The Morgan fingerprint density at radius 1 is 1.46 bits per heavy atom. The van der Waals surface area contributed by atoms with E-state index in [1.54, 1.807) is 6.07 Å². The Morgan fingerprint density at radius 3 is 2.79 bits per heavy atom. The molecule has 1 amide bonds. The molecule has 0 aromatic heterocycles. The third-order valence-corrected chi connectivity index (χ3v) is 5.47. The summed E-state index contributed by atoms with van der Waals surface area (Å²) < 4.78 is 5.73. The number of benzene rings is 1. The van der Waals surface area contributed by atoms with Crippen LogP contribution in [0.15, 0.2) is 34.9 Å². The second-order valence-electron chi connectivity index (χ2n) is 5.66. The summed E-state index contributed by atoms with van der Waals surface area (Å²) in [5, 5.41) is 18.8. The lowest BCUT2D eigenvalue weighted by atomic mass is 9.92. The summed E-state index contributed by atoms with van der Waals surface area (Å²) >= 11 is 1.26. The molecule has 3 rings (SSSR count). The molecule has 0 spiro atoms. The maximum atomic E-state index is 12.1. The highest BCUT2D eigenvalue weighted by molar-refractivity contribution is 8.04. The zero-order valence-electron chi connectivity index (χ0n) is 13.0. The monoisotopic (exact) mass is 350 g/mol. The van der Waals surface area contributed by atoms with Gasteiger partial charge in [-0.2, -0.15) is 0 Å². The minimum absolute atomic E-state index is 0.0378. The second-order valence-corrected chi connectivity index (χ2v) is 6.87. The van der Waals surface area contributed by atoms with E-state index in [1.165, 1.54) is 23.6 Å². The van der Waals surface area contributed by atoms with Crippen molar-refractivity contribution in [1.29, 1.82) is 0 Å². The van der Waals surface area contributed by atoms with Crippen LogP contribution in [0.1, 0.15) is 12.5 Å². The van der Waals surface area contributed by atoms with Crippen molar-refractivity contribution in [3.05, 3.63) is 40.4 Å². The van der Waals surface area contributed by atoms with Crippen LogP contribution in [-0.2, 0) is 16.1 Å². The Bertz CT molecular complexity index is 718. The van der Waals surface area contributed by atoms with Crippen molar-refractivity contribution < 1.29 is 24.5 Å². The van der Waals surface area contributed by atoms with E-state index < -0.39 is 18.0 Å². The third-order valence-electron chi connectivity index (χ3n) is 4.13. The van der Waals surface area contributed by atoms with Gasteiger partial charge in [0.2, 0.25) is 5.91 Å². The second kappa shape index (κ2) is 6.46. The van der Waals surface area contributed by atoms with Gasteiger partial charge < -0.3 is 20.7 Å². The number of rotatable bonds is 6. The first-order valence-corrected chi connectivity index (χ1v) is 8.38. The summed E-state index contributed by atoms with van der Waals surface area (Å²) in [7, 11) is 0. The first-order chi connectivity index (χ1) is 11.5. The lowest BCUT2D eigenvalue weighted by Gasteiger charge is -2.43. The molecular weight excluding hydrogens is 332 g/mol. The van der Waals surface area contributed by atoms with Gasteiger partial charge >= 0.3 is 5.97 Å². The van der Waals surface area contributed by atoms with Crippen molar-refractivity contribution in [2.45, 2.75) is 24.9 Å². The number of nitrogens with two attached hydrogens (primary N) is 1. The van der Waals surface area contributed by atoms with E-state index in [0.717, 1.165) is 5.56 Å². The standard InChI is InChI=1S/C16H18N2O5S/c1-8(19)12-14(20)18-13(16(21)22)11(24-15(12)18)7-23-10-5-3-2-4-9(10)6-17/h2-5,8,12,15,19H,6-7,17H2,1H3,(H,21,22)/t8-,12+,15-/m1/s1. The number of ether oxygens (including phenoxy) is 1. The highest BCUT2D eigenvalue weighted by Crippen LogP contribution is 2.50. The molecule has 8 heteroatoms. The molecule has 0 saturated carbocycles. The minimum atomic E-state index is -1.17. The number of carboxylic acid groups (broad SMARTS) is 1. The molecule has 1 saturated heterocycles. The third kappa shape index (κ3) is 2.66. The van der Waals surface area contributed by atoms with E-state index in [2.05, 4.69) is 0 Å². The van der Waals surface area contributed by atoms with Crippen LogP contribution in [-0.4, -0.2) is 45.1 Å². The molecule has 24 heavy (non-hydrogen) atoms. The number of fused-ring (bicyclic) bond motifs is 1. The topological polar surface area (TPSA) is 113 Å². The fourth-order valence-electron chi connectivity index (χ4n) is 2.91. The summed E-state index contributed by atoms with van der Waals surface area (Å²) in [6.07, 6.45) is -0.820. The molecule has 1 aromatic carbocycles. The molecule has 0 unspecified atom stereocenters. The number of para-hydroxylation sites is 1. The number of hydrogen-bond acceptors (Lipinski definition) is 6. The fourth-order valence-corrected chi connectivity index (χ4v) is 4.43. The van der Waals surface area contributed by atoms with Gasteiger partial charge in [-0.15, -0.1) is 0 Å². The molecule has 1 aromatic rings. The zero-order valence-corrected chi connectivity index (χ0v) is 13.8. The van der Waals surface area contributed by atoms with Crippen LogP contribution in [0.25, 0.3) is 0 Å². The quantitative estimate of drug-likeness (QED) is 0.648. The number of aliphatic hydroxyl groups excluding tert-OH is 1. The number of carboxylic acids is 1. The zero-order chi connectivity index (χ0) is 17.4. The van der Waals surface area contributed by atoms with Crippen LogP contribution in [0.5, 0.6) is 5.75 Å². The van der Waals surface area contributed by atoms with Crippen molar-refractivity contribution >= 4 is 23.6 Å². The molecule has 3 atom stereocenters. The molecule has 2 heterocycles. The summed E-state index contributed by atoms with van der Waals surface area (Å²) in [6, 6.07) is 7.26. The van der Waals surface area contributed by atoms with E-state index in [4.69, 9.17) is 10.5 Å². The number of thioether (sulfide) groups is 1. The lowest BCUT2D eigenvalue weighted by molar-refractivity contribution is -0.156. The summed E-state index contributed by atoms with van der Waals surface area (Å²) in [4.78, 5) is 25.4. The summed E-state index contributed by atoms with van der Waals surface area (Å²) in [5.41, 5.74) is 6.42. The van der Waals surface area contributed by atoms with Crippen LogP contribution < -0.4 is 10.5 Å². The van der Waals surface area contributed by atoms with Crippen molar-refractivity contribution in [2.75, 3.05) is 6.61 Å². The van der Waals surface area contributed by atoms with Gasteiger partial charge in [0.15, 0.2) is 0 Å². The van der Waals surface area contributed by atoms with Crippen molar-refractivity contribution in [3.63, 3.8) is 0 Å². The van der Waals surface area contributed by atoms with E-state index in [-0.39, 0.29) is 23.6 Å². The maximum Gasteiger partial charge on any atom is 0.353 e. The Kier molecular flexibility index (Phi) is 4.53. The van der Waals surface area contributed by atoms with Crippen molar-refractivity contribution in [3.8, 4) is 5.75 Å². The van der Waals surface area contributed by atoms with Gasteiger partial charge in [0, 0.05) is 12.1 Å². The van der Waals surface area contributed by atoms with Crippen molar-refractivity contribution in [2.24, 2.45) is 11.7 Å². The number of aliphatic carboxylic acids is 1.